The quantitative estimate of drug-likeness (QED) is 0.0253. The number of carbonyl (C=O) groups is 16. The second-order valence-corrected chi connectivity index (χ2v) is 32.7. The van der Waals surface area contributed by atoms with Crippen molar-refractivity contribution in [2.75, 3.05) is 85.1 Å². The summed E-state index contributed by atoms with van der Waals surface area (Å²) in [5, 5.41) is 96.1. The average molecular weight is 1470 g/mol. The Hall–Kier alpha value is -8.67. The molecule has 1 aliphatic rings. The first kappa shape index (κ1) is 89.4. The van der Waals surface area contributed by atoms with Gasteiger partial charge in [0.2, 0.25) is 17.7 Å². The Morgan fingerprint density at radius 3 is 1.32 bits per heavy atom. The van der Waals surface area contributed by atoms with Gasteiger partial charge in [0.1, 0.15) is 35.5 Å². The van der Waals surface area contributed by atoms with Gasteiger partial charge in [-0.25, -0.2) is 9.59 Å². The Kier molecular flexibility index (Phi) is 38.5. The van der Waals surface area contributed by atoms with Crippen LogP contribution in [0, 0.1) is 17.8 Å². The number of hydrogen-bond donors (Lipinski definition) is 13. The van der Waals surface area contributed by atoms with Crippen molar-refractivity contribution in [2.24, 2.45) is 17.8 Å². The average Bonchev–Trinajstić information content (AvgIpc) is 0.748. The lowest BCUT2D eigenvalue weighted by Gasteiger charge is -2.44. The highest BCUT2D eigenvalue weighted by Crippen LogP contribution is 2.51. The van der Waals surface area contributed by atoms with E-state index in [1.807, 2.05) is 41.5 Å². The molecule has 1 aromatic carbocycles. The first-order valence-electron chi connectivity index (χ1n) is 34.0. The van der Waals surface area contributed by atoms with Crippen LogP contribution >= 0.6 is 0 Å². The summed E-state index contributed by atoms with van der Waals surface area (Å²) in [4.78, 5) is 206. The van der Waals surface area contributed by atoms with Crippen LogP contribution in [0.25, 0.3) is 0 Å². The zero-order valence-corrected chi connectivity index (χ0v) is 59.9. The third kappa shape index (κ3) is 33.4. The summed E-state index contributed by atoms with van der Waals surface area (Å²) in [6.45, 7) is 8.94. The molecule has 572 valence electrons. The highest BCUT2D eigenvalue weighted by Gasteiger charge is 2.56. The van der Waals surface area contributed by atoms with E-state index >= 15 is 4.11 Å². The van der Waals surface area contributed by atoms with E-state index in [9.17, 15) is 118 Å². The summed E-state index contributed by atoms with van der Waals surface area (Å²) in [6.07, 6.45) is -4.80. The SMILES string of the molecule is CC(C)(C)[Si](F)(c1ccc(C(=O)NC[C@@H](CC(=O)CC[C@@H](C(=O)O)N2CCN(CC(=O)O)CCN(CC(=O)O)CCN(CC(=O)O)CC2)C(=O)N[C@@H](CCCCNC(=O)CCC(=O)CCCC[C@@H](NC(=O)CC[C@H](CC(=O)C[C@@H](CCC(=O)O)C(=O)O)C(=O)O)C(=O)O)C(=O)O)cc1)C(C)(C)C. The van der Waals surface area contributed by atoms with Crippen LogP contribution in [-0.4, -0.2) is 272 Å². The molecule has 1 saturated heterocycles. The third-order valence-corrected chi connectivity index (χ3v) is 23.0. The minimum atomic E-state index is -3.76. The predicted octanol–water partition coefficient (Wildman–Crippen LogP) is 2.15. The highest BCUT2D eigenvalue weighted by molar-refractivity contribution is 6.90. The lowest BCUT2D eigenvalue weighted by molar-refractivity contribution is -0.147. The number of amides is 4. The van der Waals surface area contributed by atoms with Crippen LogP contribution < -0.4 is 26.5 Å². The van der Waals surface area contributed by atoms with Crippen LogP contribution in [0.5, 0.6) is 0 Å². The molecule has 0 aromatic heterocycles. The maximum Gasteiger partial charge on any atom is 0.326 e. The van der Waals surface area contributed by atoms with E-state index < -0.39 is 214 Å². The fraction of sp³-hybridized carbons (Fsp3) is 0.672. The van der Waals surface area contributed by atoms with Gasteiger partial charge in [-0.2, -0.15) is 0 Å². The maximum absolute atomic E-state index is 17.2. The molecular weight excluding hydrogens is 1360 g/mol. The van der Waals surface area contributed by atoms with Crippen LogP contribution in [0.3, 0.4) is 0 Å². The molecule has 0 bridgehead atoms. The third-order valence-electron chi connectivity index (χ3n) is 17.7. The number of hydrogen-bond acceptors (Lipinski definition) is 20. The van der Waals surface area contributed by atoms with E-state index in [4.69, 9.17) is 5.11 Å². The lowest BCUT2D eigenvalue weighted by Crippen LogP contribution is -2.57. The van der Waals surface area contributed by atoms with Gasteiger partial charge in [0.15, 0.2) is 0 Å². The molecule has 1 aliphatic heterocycles. The van der Waals surface area contributed by atoms with Crippen molar-refractivity contribution < 1.29 is 127 Å². The van der Waals surface area contributed by atoms with Crippen LogP contribution in [0.15, 0.2) is 24.3 Å². The van der Waals surface area contributed by atoms with E-state index in [1.165, 1.54) is 43.9 Å². The van der Waals surface area contributed by atoms with Crippen molar-refractivity contribution >= 4 is 108 Å². The number of rotatable bonds is 47. The first-order valence-corrected chi connectivity index (χ1v) is 35.8. The summed E-state index contributed by atoms with van der Waals surface area (Å²) in [5.74, 6) is -21.2. The van der Waals surface area contributed by atoms with Crippen molar-refractivity contribution in [2.45, 2.75) is 185 Å². The number of halogens is 1. The van der Waals surface area contributed by atoms with Crippen LogP contribution in [0.4, 0.5) is 4.11 Å². The van der Waals surface area contributed by atoms with Crippen LogP contribution in [-0.2, 0) is 71.9 Å². The molecule has 0 spiro atoms. The van der Waals surface area contributed by atoms with Crippen LogP contribution in [0.2, 0.25) is 10.1 Å². The highest BCUT2D eigenvalue weighted by atomic mass is 28.4. The van der Waals surface area contributed by atoms with E-state index in [1.54, 1.807) is 0 Å². The summed E-state index contributed by atoms with van der Waals surface area (Å²) in [7, 11) is -3.76. The Morgan fingerprint density at radius 1 is 0.431 bits per heavy atom. The van der Waals surface area contributed by atoms with E-state index in [-0.39, 0.29) is 141 Å². The normalized spacial score (nSPS) is 15.8. The van der Waals surface area contributed by atoms with Gasteiger partial charge in [-0.15, -0.1) is 0 Å². The van der Waals surface area contributed by atoms with Crippen molar-refractivity contribution in [1.29, 1.82) is 0 Å². The van der Waals surface area contributed by atoms with E-state index in [0.717, 1.165) is 0 Å². The number of nitrogens with zero attached hydrogens (tertiary/aromatic N) is 4. The molecule has 33 nitrogen and oxygen atoms in total. The minimum absolute atomic E-state index is 0.0163. The van der Waals surface area contributed by atoms with Gasteiger partial charge in [0.25, 0.3) is 14.3 Å². The molecule has 0 unspecified atom stereocenters. The fourth-order valence-electron chi connectivity index (χ4n) is 12.2. The monoisotopic (exact) mass is 1470 g/mol. The molecule has 0 saturated carbocycles. The number of ketones is 3. The zero-order valence-electron chi connectivity index (χ0n) is 58.9. The van der Waals surface area contributed by atoms with Crippen molar-refractivity contribution in [3.05, 3.63) is 29.8 Å². The molecule has 1 aromatic rings. The number of nitrogens with one attached hydrogen (secondary N) is 4. The summed E-state index contributed by atoms with van der Waals surface area (Å²) >= 11 is 0. The predicted molar refractivity (Wildman–Crippen MR) is 364 cm³/mol. The van der Waals surface area contributed by atoms with Gasteiger partial charge in [-0.05, 0) is 78.8 Å². The van der Waals surface area contributed by atoms with Gasteiger partial charge in [-0.3, -0.25) is 86.7 Å². The molecule has 35 heteroatoms. The molecule has 0 aliphatic carbocycles. The van der Waals surface area contributed by atoms with Gasteiger partial charge in [0.05, 0.1) is 37.4 Å². The van der Waals surface area contributed by atoms with Crippen molar-refractivity contribution in [3.63, 3.8) is 0 Å². The molecule has 6 atom stereocenters. The number of carboxylic acid groups (broad SMARTS) is 9. The topological polar surface area (TPSA) is 516 Å². The van der Waals surface area contributed by atoms with Gasteiger partial charge < -0.3 is 71.3 Å². The molecule has 1 fully saturated rings. The molecule has 0 radical (unpaired) electrons. The van der Waals surface area contributed by atoms with Crippen LogP contribution in [0.1, 0.15) is 167 Å². The molecule has 13 N–H and O–H groups in total. The molecular formula is C67H103FN8O25Si. The lowest BCUT2D eigenvalue weighted by atomic mass is 9.90. The first-order chi connectivity index (χ1) is 47.5. The largest absolute Gasteiger partial charge is 0.481 e. The molecule has 4 amide bonds. The minimum Gasteiger partial charge on any atom is -0.481 e. The van der Waals surface area contributed by atoms with E-state index in [2.05, 4.69) is 21.3 Å². The number of carboxylic acids is 9. The van der Waals surface area contributed by atoms with Gasteiger partial charge in [-0.1, -0.05) is 60.1 Å². The summed E-state index contributed by atoms with van der Waals surface area (Å²) < 4.78 is 17.2. The number of Topliss-reactive ketones (excluding diaryl/α,β-unsaturated/α-hetero) is 3. The number of carbonyl (C=O) groups excluding carboxylic acids is 7. The Morgan fingerprint density at radius 2 is 0.882 bits per heavy atom. The maximum atomic E-state index is 17.2. The number of benzene rings is 1. The second-order valence-electron chi connectivity index (χ2n) is 27.8. The smallest absolute Gasteiger partial charge is 0.326 e. The van der Waals surface area contributed by atoms with Gasteiger partial charge in [0, 0.05) is 129 Å². The van der Waals surface area contributed by atoms with Gasteiger partial charge >= 0.3 is 53.7 Å². The standard InChI is InChI=1S/C67H103FN8O25Si/c1-66(2,3)102(68,67(4,5)6)49-20-14-42(15-21-49)59(90)70-38-45(37-47(78)18-22-52(65(100)101)76-33-31-74(40-57(86)87)29-27-73(39-56(84)85)28-30-75(32-34-76)41-58(88)89)60(91)72-51(64(98)99)13-9-10-26-69-53(80)24-19-46(77)11-7-8-12-50(63(96)97)71-54(81)23-16-43(61(92)93)35-48(79)36-44(62(94)95)17-25-55(82)83/h14-15,20-21,43-45,50-52H,7-13,16-19,22-41H2,1-6H3,(H,69,80)(H,70,90)(H,71,81)(H,72,91)(H,82,83)(H,84,85)(H,86,87)(H,88,89)(H,92,93)(H,94,95)(H,96,97)(H,98,99)(H,100,101)/t43-,44-,45-,50-,51+,52+/m1/s1. The number of aliphatic carboxylic acids is 9. The van der Waals surface area contributed by atoms with Crippen molar-refractivity contribution in [1.82, 2.24) is 40.9 Å². The zero-order chi connectivity index (χ0) is 77.2. The Bertz CT molecular complexity index is 3040. The van der Waals surface area contributed by atoms with E-state index in [0.29, 0.717) is 5.19 Å². The molecule has 102 heavy (non-hydrogen) atoms. The summed E-state index contributed by atoms with van der Waals surface area (Å²) in [6, 6.07) is 1.51. The Labute approximate surface area is 591 Å². The fourth-order valence-corrected chi connectivity index (χ4v) is 16.8. The molecule has 2 rings (SSSR count). The Balaban J connectivity index is 2.15. The molecule has 1 heterocycles. The second kappa shape index (κ2) is 44.0. The van der Waals surface area contributed by atoms with Crippen molar-refractivity contribution in [3.8, 4) is 0 Å². The number of unbranched alkanes of at least 4 members (excludes halogenated alkanes) is 2. The summed E-state index contributed by atoms with van der Waals surface area (Å²) in [5.41, 5.74) is 0.0713.